The summed E-state index contributed by atoms with van der Waals surface area (Å²) >= 11 is 0. The molecule has 172 valence electrons. The maximum absolute atomic E-state index is 12.4. The van der Waals surface area contributed by atoms with Gasteiger partial charge in [-0.05, 0) is 42.9 Å². The zero-order valence-corrected chi connectivity index (χ0v) is 18.6. The summed E-state index contributed by atoms with van der Waals surface area (Å²) in [4.78, 5) is 29.2. The van der Waals surface area contributed by atoms with Gasteiger partial charge in [-0.25, -0.2) is 0 Å². The molecule has 0 unspecified atom stereocenters. The number of piperazine rings is 1. The number of rotatable bonds is 8. The summed E-state index contributed by atoms with van der Waals surface area (Å²) in [5, 5.41) is 5.68. The zero-order chi connectivity index (χ0) is 23.0. The number of ether oxygens (including phenoxy) is 1. The number of amides is 2. The number of hydrogen-bond acceptors (Lipinski definition) is 6. The van der Waals surface area contributed by atoms with Gasteiger partial charge >= 0.3 is 0 Å². The van der Waals surface area contributed by atoms with Gasteiger partial charge in [0, 0.05) is 50.2 Å². The Balaban J connectivity index is 1.28. The molecule has 0 atom stereocenters. The summed E-state index contributed by atoms with van der Waals surface area (Å²) in [5.41, 5.74) is 2.79. The number of likely N-dealkylation sites (N-methyl/N-ethyl adjacent to an activating group) is 1. The predicted molar refractivity (Wildman–Crippen MR) is 127 cm³/mol. The molecule has 0 aliphatic carbocycles. The molecule has 2 aromatic carbocycles. The monoisotopic (exact) mass is 448 g/mol. The van der Waals surface area contributed by atoms with E-state index < -0.39 is 0 Å². The number of hydrogen-bond donors (Lipinski definition) is 2. The van der Waals surface area contributed by atoms with Crippen LogP contribution in [0.15, 0.2) is 71.3 Å². The lowest BCUT2D eigenvalue weighted by Gasteiger charge is -2.35. The number of nitrogens with one attached hydrogen (secondary N) is 2. The van der Waals surface area contributed by atoms with Crippen molar-refractivity contribution in [1.82, 2.24) is 10.2 Å². The minimum Gasteiger partial charge on any atom is -0.484 e. The van der Waals surface area contributed by atoms with Crippen LogP contribution in [0.25, 0.3) is 0 Å². The van der Waals surface area contributed by atoms with E-state index in [9.17, 15) is 9.59 Å². The number of anilines is 2. The molecule has 1 saturated heterocycles. The number of furan rings is 1. The van der Waals surface area contributed by atoms with Crippen LogP contribution >= 0.6 is 0 Å². The van der Waals surface area contributed by atoms with Crippen molar-refractivity contribution in [2.24, 2.45) is 0 Å². The van der Waals surface area contributed by atoms with Crippen molar-refractivity contribution < 1.29 is 18.7 Å². The Kier molecular flexibility index (Phi) is 7.26. The third-order valence-electron chi connectivity index (χ3n) is 5.52. The number of benzene rings is 2. The zero-order valence-electron chi connectivity index (χ0n) is 18.6. The smallest absolute Gasteiger partial charge is 0.291 e. The van der Waals surface area contributed by atoms with E-state index in [1.807, 2.05) is 18.2 Å². The molecule has 1 aromatic heterocycles. The molecule has 1 aliphatic rings. The first-order chi connectivity index (χ1) is 16.1. The molecule has 4 rings (SSSR count). The molecule has 33 heavy (non-hydrogen) atoms. The second-order valence-electron chi connectivity index (χ2n) is 7.94. The fraction of sp³-hybridized carbons (Fsp3) is 0.280. The second kappa shape index (κ2) is 10.7. The van der Waals surface area contributed by atoms with Crippen molar-refractivity contribution in [2.75, 3.05) is 50.1 Å². The normalized spacial score (nSPS) is 14.0. The van der Waals surface area contributed by atoms with E-state index in [1.54, 1.807) is 36.4 Å². The molecule has 0 bridgehead atoms. The van der Waals surface area contributed by atoms with E-state index in [2.05, 4.69) is 33.5 Å². The van der Waals surface area contributed by atoms with E-state index in [1.165, 1.54) is 6.26 Å². The van der Waals surface area contributed by atoms with Gasteiger partial charge in [-0.15, -0.1) is 0 Å². The Morgan fingerprint density at radius 2 is 1.82 bits per heavy atom. The molecular weight excluding hydrogens is 420 g/mol. The maximum Gasteiger partial charge on any atom is 0.291 e. The molecule has 2 N–H and O–H groups in total. The summed E-state index contributed by atoms with van der Waals surface area (Å²) in [6.07, 6.45) is 1.44. The van der Waals surface area contributed by atoms with Gasteiger partial charge in [0.15, 0.2) is 12.4 Å². The molecule has 0 spiro atoms. The van der Waals surface area contributed by atoms with Crippen molar-refractivity contribution in [3.05, 3.63) is 78.3 Å². The highest BCUT2D eigenvalue weighted by atomic mass is 16.5. The molecule has 1 fully saturated rings. The van der Waals surface area contributed by atoms with Gasteiger partial charge in [0.05, 0.1) is 6.26 Å². The molecule has 2 heterocycles. The molecule has 2 amide bonds. The van der Waals surface area contributed by atoms with Crippen LogP contribution in [-0.4, -0.2) is 56.5 Å². The lowest BCUT2D eigenvalue weighted by molar-refractivity contribution is -0.123. The van der Waals surface area contributed by atoms with E-state index >= 15 is 0 Å². The van der Waals surface area contributed by atoms with Crippen molar-refractivity contribution in [3.63, 3.8) is 0 Å². The summed E-state index contributed by atoms with van der Waals surface area (Å²) in [6, 6.07) is 18.3. The lowest BCUT2D eigenvalue weighted by Crippen LogP contribution is -2.45. The molecule has 0 saturated carbocycles. The van der Waals surface area contributed by atoms with Crippen LogP contribution in [0.5, 0.6) is 5.75 Å². The lowest BCUT2D eigenvalue weighted by atomic mass is 10.1. The summed E-state index contributed by atoms with van der Waals surface area (Å²) in [7, 11) is 2.13. The van der Waals surface area contributed by atoms with Gasteiger partial charge in [-0.3, -0.25) is 9.59 Å². The van der Waals surface area contributed by atoms with Crippen LogP contribution in [0.1, 0.15) is 16.1 Å². The largest absolute Gasteiger partial charge is 0.484 e. The van der Waals surface area contributed by atoms with Crippen molar-refractivity contribution in [1.29, 1.82) is 0 Å². The van der Waals surface area contributed by atoms with E-state index in [4.69, 9.17) is 9.15 Å². The maximum atomic E-state index is 12.4. The minimum absolute atomic E-state index is 0.119. The van der Waals surface area contributed by atoms with Crippen LogP contribution in [0.2, 0.25) is 0 Å². The highest BCUT2D eigenvalue weighted by Gasteiger charge is 2.17. The van der Waals surface area contributed by atoms with Gasteiger partial charge in [-0.1, -0.05) is 24.3 Å². The van der Waals surface area contributed by atoms with E-state index in [0.29, 0.717) is 18.0 Å². The number of carbonyl (C=O) groups is 2. The highest BCUT2D eigenvalue weighted by Crippen LogP contribution is 2.22. The Bertz CT molecular complexity index is 1080. The first-order valence-corrected chi connectivity index (χ1v) is 10.9. The number of carbonyl (C=O) groups excluding carboxylic acids is 2. The third kappa shape index (κ3) is 6.14. The van der Waals surface area contributed by atoms with Crippen LogP contribution in [0.4, 0.5) is 11.4 Å². The third-order valence-corrected chi connectivity index (χ3v) is 5.52. The number of para-hydroxylation sites is 1. The van der Waals surface area contributed by atoms with Crippen LogP contribution in [0.3, 0.4) is 0 Å². The van der Waals surface area contributed by atoms with E-state index in [0.717, 1.165) is 37.4 Å². The summed E-state index contributed by atoms with van der Waals surface area (Å²) < 4.78 is 10.7. The fourth-order valence-corrected chi connectivity index (χ4v) is 3.67. The quantitative estimate of drug-likeness (QED) is 0.551. The van der Waals surface area contributed by atoms with Gasteiger partial charge < -0.3 is 29.6 Å². The average molecular weight is 449 g/mol. The predicted octanol–water partition coefficient (Wildman–Crippen LogP) is 2.98. The van der Waals surface area contributed by atoms with Crippen LogP contribution in [0, 0.1) is 0 Å². The Morgan fingerprint density at radius 1 is 1.00 bits per heavy atom. The van der Waals surface area contributed by atoms with Crippen LogP contribution < -0.4 is 20.3 Å². The topological polar surface area (TPSA) is 87.0 Å². The summed E-state index contributed by atoms with van der Waals surface area (Å²) in [5.74, 6) is 0.139. The Labute approximate surface area is 193 Å². The molecule has 0 radical (unpaired) electrons. The molecule has 8 heteroatoms. The molecule has 1 aliphatic heterocycles. The summed E-state index contributed by atoms with van der Waals surface area (Å²) in [6.45, 7) is 4.30. The van der Waals surface area contributed by atoms with Crippen molar-refractivity contribution in [2.45, 2.75) is 6.54 Å². The first-order valence-electron chi connectivity index (χ1n) is 10.9. The van der Waals surface area contributed by atoms with Gasteiger partial charge in [0.25, 0.3) is 11.8 Å². The standard InChI is InChI=1S/C25H28N4O4/c1-28-11-13-29(14-12-28)22-9-3-2-6-19(22)17-26-24(30)18-33-21-8-4-7-20(16-21)27-25(31)23-10-5-15-32-23/h2-10,15-16H,11-14,17-18H2,1H3,(H,26,30)(H,27,31). The minimum atomic E-state index is -0.353. The van der Waals surface area contributed by atoms with E-state index in [-0.39, 0.29) is 24.2 Å². The fourth-order valence-electron chi connectivity index (χ4n) is 3.67. The van der Waals surface area contributed by atoms with Crippen LogP contribution in [-0.2, 0) is 11.3 Å². The van der Waals surface area contributed by atoms with Gasteiger partial charge in [-0.2, -0.15) is 0 Å². The first kappa shape index (κ1) is 22.4. The number of nitrogens with zero attached hydrogens (tertiary/aromatic N) is 2. The SMILES string of the molecule is CN1CCN(c2ccccc2CNC(=O)COc2cccc(NC(=O)c3ccco3)c2)CC1. The van der Waals surface area contributed by atoms with Gasteiger partial charge in [0.2, 0.25) is 0 Å². The van der Waals surface area contributed by atoms with Crippen molar-refractivity contribution in [3.8, 4) is 5.75 Å². The van der Waals surface area contributed by atoms with Gasteiger partial charge in [0.1, 0.15) is 5.75 Å². The Hall–Kier alpha value is -3.78. The Morgan fingerprint density at radius 3 is 2.61 bits per heavy atom. The van der Waals surface area contributed by atoms with Crippen molar-refractivity contribution >= 4 is 23.2 Å². The highest BCUT2D eigenvalue weighted by molar-refractivity contribution is 6.02. The molecular formula is C25H28N4O4. The second-order valence-corrected chi connectivity index (χ2v) is 7.94. The molecule has 3 aromatic rings. The molecule has 8 nitrogen and oxygen atoms in total. The average Bonchev–Trinajstić information content (AvgIpc) is 3.38.